The summed E-state index contributed by atoms with van der Waals surface area (Å²) in [6.45, 7) is 6.20. The smallest absolute Gasteiger partial charge is 0.244 e. The van der Waals surface area contributed by atoms with Crippen LogP contribution < -0.4 is 5.32 Å². The summed E-state index contributed by atoms with van der Waals surface area (Å²) in [5.74, 6) is 2.74. The van der Waals surface area contributed by atoms with E-state index in [1.165, 1.54) is 12.5 Å². The first-order valence-corrected chi connectivity index (χ1v) is 7.69. The Balaban J connectivity index is 1.80. The SMILES string of the molecule is CCCC(C)(O)CNC(=O)/C=C/c1ccc(C2CC2C)o1. The van der Waals surface area contributed by atoms with Crippen LogP contribution in [0.15, 0.2) is 22.6 Å². The van der Waals surface area contributed by atoms with Crippen molar-refractivity contribution in [3.8, 4) is 0 Å². The van der Waals surface area contributed by atoms with E-state index in [0.29, 0.717) is 24.0 Å². The lowest BCUT2D eigenvalue weighted by Gasteiger charge is -2.22. The van der Waals surface area contributed by atoms with E-state index in [1.54, 1.807) is 13.0 Å². The quantitative estimate of drug-likeness (QED) is 0.759. The first-order chi connectivity index (χ1) is 9.91. The predicted molar refractivity (Wildman–Crippen MR) is 82.8 cm³/mol. The van der Waals surface area contributed by atoms with Crippen molar-refractivity contribution in [2.75, 3.05) is 6.54 Å². The van der Waals surface area contributed by atoms with Gasteiger partial charge < -0.3 is 14.8 Å². The third-order valence-corrected chi connectivity index (χ3v) is 3.95. The number of amides is 1. The minimum atomic E-state index is -0.849. The van der Waals surface area contributed by atoms with E-state index in [4.69, 9.17) is 4.42 Å². The fourth-order valence-electron chi connectivity index (χ4n) is 2.50. The van der Waals surface area contributed by atoms with Crippen molar-refractivity contribution in [2.45, 2.75) is 51.6 Å². The topological polar surface area (TPSA) is 62.5 Å². The Morgan fingerprint density at radius 1 is 1.57 bits per heavy atom. The molecule has 3 atom stereocenters. The molecule has 2 N–H and O–H groups in total. The lowest BCUT2D eigenvalue weighted by Crippen LogP contribution is -2.39. The summed E-state index contributed by atoms with van der Waals surface area (Å²) >= 11 is 0. The normalized spacial score (nSPS) is 24.0. The van der Waals surface area contributed by atoms with E-state index in [1.807, 2.05) is 19.1 Å². The lowest BCUT2D eigenvalue weighted by atomic mass is 10.0. The van der Waals surface area contributed by atoms with E-state index >= 15 is 0 Å². The highest BCUT2D eigenvalue weighted by molar-refractivity contribution is 5.91. The molecule has 1 saturated carbocycles. The van der Waals surface area contributed by atoms with Gasteiger partial charge in [-0.15, -0.1) is 0 Å². The standard InChI is InChI=1S/C17H25NO3/c1-4-9-17(3,20)11-18-16(19)8-6-13-5-7-15(21-13)14-10-12(14)2/h5-8,12,14,20H,4,9-11H2,1-3H3,(H,18,19)/b8-6+. The second kappa shape index (κ2) is 6.48. The summed E-state index contributed by atoms with van der Waals surface area (Å²) in [7, 11) is 0. The highest BCUT2D eigenvalue weighted by Crippen LogP contribution is 2.47. The molecule has 4 heteroatoms. The van der Waals surface area contributed by atoms with E-state index < -0.39 is 5.60 Å². The largest absolute Gasteiger partial charge is 0.461 e. The fraction of sp³-hybridized carbons (Fsp3) is 0.588. The number of nitrogens with one attached hydrogen (secondary N) is 1. The van der Waals surface area contributed by atoms with Crippen LogP contribution in [0.25, 0.3) is 6.08 Å². The van der Waals surface area contributed by atoms with Crippen LogP contribution in [0.1, 0.15) is 57.5 Å². The van der Waals surface area contributed by atoms with Crippen LogP contribution in [-0.2, 0) is 4.79 Å². The molecular weight excluding hydrogens is 266 g/mol. The van der Waals surface area contributed by atoms with Crippen molar-refractivity contribution in [2.24, 2.45) is 5.92 Å². The molecule has 21 heavy (non-hydrogen) atoms. The van der Waals surface area contributed by atoms with Crippen LogP contribution in [0, 0.1) is 5.92 Å². The predicted octanol–water partition coefficient (Wildman–Crippen LogP) is 3.08. The van der Waals surface area contributed by atoms with Crippen LogP contribution in [-0.4, -0.2) is 23.2 Å². The maximum atomic E-state index is 11.7. The van der Waals surface area contributed by atoms with Gasteiger partial charge in [-0.1, -0.05) is 20.3 Å². The minimum absolute atomic E-state index is 0.218. The van der Waals surface area contributed by atoms with Crippen molar-refractivity contribution in [1.29, 1.82) is 0 Å². The third kappa shape index (κ3) is 4.74. The van der Waals surface area contributed by atoms with Gasteiger partial charge in [0.05, 0.1) is 5.60 Å². The molecule has 0 radical (unpaired) electrons. The van der Waals surface area contributed by atoms with E-state index in [2.05, 4.69) is 12.2 Å². The molecule has 0 spiro atoms. The maximum Gasteiger partial charge on any atom is 0.244 e. The first-order valence-electron chi connectivity index (χ1n) is 7.69. The number of hydrogen-bond donors (Lipinski definition) is 2. The monoisotopic (exact) mass is 291 g/mol. The number of rotatable bonds is 7. The average molecular weight is 291 g/mol. The van der Waals surface area contributed by atoms with Crippen molar-refractivity contribution in [3.63, 3.8) is 0 Å². The van der Waals surface area contributed by atoms with Gasteiger partial charge in [0.1, 0.15) is 11.5 Å². The van der Waals surface area contributed by atoms with E-state index in [9.17, 15) is 9.90 Å². The molecule has 1 aliphatic carbocycles. The summed E-state index contributed by atoms with van der Waals surface area (Å²) < 4.78 is 5.70. The zero-order valence-electron chi connectivity index (χ0n) is 13.1. The molecular formula is C17H25NO3. The molecule has 1 amide bonds. The van der Waals surface area contributed by atoms with Gasteiger partial charge in [0.15, 0.2) is 0 Å². The molecule has 1 aliphatic rings. The molecule has 1 fully saturated rings. The summed E-state index contributed by atoms with van der Waals surface area (Å²) in [5.41, 5.74) is -0.849. The Hall–Kier alpha value is -1.55. The number of carbonyl (C=O) groups excluding carboxylic acids is 1. The van der Waals surface area contributed by atoms with Gasteiger partial charge in [0.2, 0.25) is 5.91 Å². The minimum Gasteiger partial charge on any atom is -0.461 e. The summed E-state index contributed by atoms with van der Waals surface area (Å²) in [6.07, 6.45) is 5.84. The summed E-state index contributed by atoms with van der Waals surface area (Å²) in [6, 6.07) is 3.87. The average Bonchev–Trinajstić information content (AvgIpc) is 2.97. The first kappa shape index (κ1) is 15.8. The van der Waals surface area contributed by atoms with Gasteiger partial charge >= 0.3 is 0 Å². The molecule has 116 valence electrons. The molecule has 0 aromatic carbocycles. The van der Waals surface area contributed by atoms with E-state index in [-0.39, 0.29) is 12.5 Å². The molecule has 4 nitrogen and oxygen atoms in total. The van der Waals surface area contributed by atoms with E-state index in [0.717, 1.165) is 12.2 Å². The van der Waals surface area contributed by atoms with Crippen molar-refractivity contribution >= 4 is 12.0 Å². The van der Waals surface area contributed by atoms with Crippen LogP contribution in [0.3, 0.4) is 0 Å². The molecule has 3 unspecified atom stereocenters. The molecule has 1 aromatic rings. The zero-order chi connectivity index (χ0) is 15.5. The van der Waals surface area contributed by atoms with Gasteiger partial charge in [-0.3, -0.25) is 4.79 Å². The number of aliphatic hydroxyl groups is 1. The van der Waals surface area contributed by atoms with Gasteiger partial charge in [-0.2, -0.15) is 0 Å². The Kier molecular flexibility index (Phi) is 4.88. The molecule has 0 aliphatic heterocycles. The van der Waals surface area contributed by atoms with Gasteiger partial charge in [-0.05, 0) is 43.9 Å². The molecule has 0 bridgehead atoms. The van der Waals surface area contributed by atoms with Crippen LogP contribution >= 0.6 is 0 Å². The van der Waals surface area contributed by atoms with Crippen molar-refractivity contribution in [1.82, 2.24) is 5.32 Å². The second-order valence-corrected chi connectivity index (χ2v) is 6.36. The number of furan rings is 1. The highest BCUT2D eigenvalue weighted by Gasteiger charge is 2.36. The van der Waals surface area contributed by atoms with Gasteiger partial charge in [-0.25, -0.2) is 0 Å². The maximum absolute atomic E-state index is 11.7. The number of carbonyl (C=O) groups is 1. The van der Waals surface area contributed by atoms with Crippen molar-refractivity contribution < 1.29 is 14.3 Å². The second-order valence-electron chi connectivity index (χ2n) is 6.36. The Labute approximate surface area is 126 Å². The summed E-state index contributed by atoms with van der Waals surface area (Å²) in [4.78, 5) is 11.7. The van der Waals surface area contributed by atoms with Crippen LogP contribution in [0.2, 0.25) is 0 Å². The zero-order valence-corrected chi connectivity index (χ0v) is 13.1. The number of hydrogen-bond acceptors (Lipinski definition) is 3. The van der Waals surface area contributed by atoms with Gasteiger partial charge in [0, 0.05) is 18.5 Å². The lowest BCUT2D eigenvalue weighted by molar-refractivity contribution is -0.117. The van der Waals surface area contributed by atoms with Crippen LogP contribution in [0.5, 0.6) is 0 Å². The third-order valence-electron chi connectivity index (χ3n) is 3.95. The molecule has 2 rings (SSSR count). The Morgan fingerprint density at radius 2 is 2.29 bits per heavy atom. The fourth-order valence-corrected chi connectivity index (χ4v) is 2.50. The summed E-state index contributed by atoms with van der Waals surface area (Å²) in [5, 5.41) is 12.7. The van der Waals surface area contributed by atoms with Gasteiger partial charge in [0.25, 0.3) is 0 Å². The highest BCUT2D eigenvalue weighted by atomic mass is 16.3. The molecule has 1 heterocycles. The van der Waals surface area contributed by atoms with Crippen LogP contribution in [0.4, 0.5) is 0 Å². The van der Waals surface area contributed by atoms with Crippen molar-refractivity contribution in [3.05, 3.63) is 29.7 Å². The molecule has 1 aromatic heterocycles. The Morgan fingerprint density at radius 3 is 2.90 bits per heavy atom. The molecule has 0 saturated heterocycles. The Bertz CT molecular complexity index is 516.